The average Bonchev–Trinajstić information content (AvgIpc) is 3.19. The highest BCUT2D eigenvalue weighted by Crippen LogP contribution is 2.18. The predicted octanol–water partition coefficient (Wildman–Crippen LogP) is 0.167. The molecule has 0 saturated carbocycles. The van der Waals surface area contributed by atoms with E-state index in [-0.39, 0.29) is 28.9 Å². The molecule has 1 N–H and O–H groups in total. The molecule has 0 unspecified atom stereocenters. The smallest absolute Gasteiger partial charge is 0.261 e. The van der Waals surface area contributed by atoms with Gasteiger partial charge in [-0.25, -0.2) is 8.42 Å². The number of ether oxygens (including phenoxy) is 1. The van der Waals surface area contributed by atoms with E-state index in [9.17, 15) is 18.0 Å². The van der Waals surface area contributed by atoms with Gasteiger partial charge >= 0.3 is 0 Å². The van der Waals surface area contributed by atoms with Crippen LogP contribution < -0.4 is 10.1 Å². The third-order valence-electron chi connectivity index (χ3n) is 5.33. The SMILES string of the molecule is COc1nn(C)cc1C(=O)N1CCN(CCNC(=O)CCS(=O)(=O)c2ccccc2)CC1. The summed E-state index contributed by atoms with van der Waals surface area (Å²) in [6.45, 7) is 3.57. The highest BCUT2D eigenvalue weighted by atomic mass is 32.2. The fourth-order valence-electron chi connectivity index (χ4n) is 3.53. The third-order valence-corrected chi connectivity index (χ3v) is 7.06. The van der Waals surface area contributed by atoms with Crippen LogP contribution >= 0.6 is 0 Å². The third kappa shape index (κ3) is 6.07. The number of aryl methyl sites for hydroxylation is 1. The van der Waals surface area contributed by atoms with Crippen LogP contribution in [0.25, 0.3) is 0 Å². The minimum atomic E-state index is -3.47. The summed E-state index contributed by atoms with van der Waals surface area (Å²) in [5.41, 5.74) is 0.446. The first-order valence-electron chi connectivity index (χ1n) is 10.4. The summed E-state index contributed by atoms with van der Waals surface area (Å²) >= 11 is 0. The Balaban J connectivity index is 1.37. The van der Waals surface area contributed by atoms with E-state index in [4.69, 9.17) is 4.74 Å². The minimum Gasteiger partial charge on any atom is -0.479 e. The van der Waals surface area contributed by atoms with Crippen molar-refractivity contribution in [2.24, 2.45) is 7.05 Å². The van der Waals surface area contributed by atoms with Gasteiger partial charge in [0.2, 0.25) is 11.8 Å². The molecule has 1 fully saturated rings. The van der Waals surface area contributed by atoms with Gasteiger partial charge in [-0.3, -0.25) is 19.2 Å². The number of methoxy groups -OCH3 is 1. The molecule has 3 rings (SSSR count). The molecule has 0 spiro atoms. The zero-order valence-corrected chi connectivity index (χ0v) is 19.2. The topological polar surface area (TPSA) is 114 Å². The van der Waals surface area contributed by atoms with E-state index in [1.165, 1.54) is 19.2 Å². The average molecular weight is 464 g/mol. The molecule has 1 aromatic carbocycles. The minimum absolute atomic E-state index is 0.0769. The summed E-state index contributed by atoms with van der Waals surface area (Å²) in [5.74, 6) is -0.303. The van der Waals surface area contributed by atoms with Crippen molar-refractivity contribution < 1.29 is 22.7 Å². The molecule has 1 aromatic heterocycles. The van der Waals surface area contributed by atoms with Gasteiger partial charge in [0.1, 0.15) is 5.56 Å². The van der Waals surface area contributed by atoms with Crippen molar-refractivity contribution in [3.05, 3.63) is 42.1 Å². The van der Waals surface area contributed by atoms with E-state index in [1.807, 2.05) is 0 Å². The normalized spacial score (nSPS) is 14.9. The number of sulfone groups is 1. The van der Waals surface area contributed by atoms with Crippen molar-refractivity contribution >= 4 is 21.7 Å². The summed E-state index contributed by atoms with van der Waals surface area (Å²) in [7, 11) is -0.238. The first-order chi connectivity index (χ1) is 15.3. The zero-order valence-electron chi connectivity index (χ0n) is 18.4. The summed E-state index contributed by atoms with van der Waals surface area (Å²) in [6, 6.07) is 8.13. The molecule has 0 bridgehead atoms. The van der Waals surface area contributed by atoms with E-state index in [0.29, 0.717) is 50.7 Å². The van der Waals surface area contributed by atoms with Gasteiger partial charge in [-0.2, -0.15) is 0 Å². The Bertz CT molecular complexity index is 1030. The first-order valence-corrected chi connectivity index (χ1v) is 12.1. The second kappa shape index (κ2) is 10.6. The number of carbonyl (C=O) groups is 2. The Morgan fingerprint density at radius 2 is 1.81 bits per heavy atom. The van der Waals surface area contributed by atoms with Gasteiger partial charge in [0, 0.05) is 58.9 Å². The van der Waals surface area contributed by atoms with E-state index in [1.54, 1.807) is 41.0 Å². The number of carbonyl (C=O) groups excluding carboxylic acids is 2. The van der Waals surface area contributed by atoms with Crippen molar-refractivity contribution in [3.63, 3.8) is 0 Å². The fourth-order valence-corrected chi connectivity index (χ4v) is 4.79. The molecule has 0 atom stereocenters. The Kier molecular flexibility index (Phi) is 7.86. The van der Waals surface area contributed by atoms with Crippen molar-refractivity contribution in [1.29, 1.82) is 0 Å². The maximum Gasteiger partial charge on any atom is 0.261 e. The van der Waals surface area contributed by atoms with E-state index >= 15 is 0 Å². The molecule has 174 valence electrons. The van der Waals surface area contributed by atoms with Crippen LogP contribution in [0.3, 0.4) is 0 Å². The van der Waals surface area contributed by atoms with E-state index < -0.39 is 9.84 Å². The maximum absolute atomic E-state index is 12.7. The second-order valence-corrected chi connectivity index (χ2v) is 9.70. The van der Waals surface area contributed by atoms with Crippen LogP contribution in [0.15, 0.2) is 41.4 Å². The molecule has 11 heteroatoms. The summed E-state index contributed by atoms with van der Waals surface area (Å²) in [6.07, 6.45) is 1.58. The van der Waals surface area contributed by atoms with Gasteiger partial charge in [-0.1, -0.05) is 18.2 Å². The lowest BCUT2D eigenvalue weighted by Crippen LogP contribution is -2.50. The van der Waals surface area contributed by atoms with Crippen LogP contribution in [0.4, 0.5) is 0 Å². The molecule has 1 aliphatic heterocycles. The predicted molar refractivity (Wildman–Crippen MR) is 118 cm³/mol. The number of hydrogen-bond donors (Lipinski definition) is 1. The largest absolute Gasteiger partial charge is 0.479 e. The lowest BCUT2D eigenvalue weighted by molar-refractivity contribution is -0.120. The Morgan fingerprint density at radius 1 is 1.12 bits per heavy atom. The summed E-state index contributed by atoms with van der Waals surface area (Å²) < 4.78 is 31.2. The highest BCUT2D eigenvalue weighted by Gasteiger charge is 2.26. The van der Waals surface area contributed by atoms with Crippen LogP contribution in [-0.4, -0.2) is 91.9 Å². The van der Waals surface area contributed by atoms with Gasteiger partial charge in [0.25, 0.3) is 5.91 Å². The lowest BCUT2D eigenvalue weighted by Gasteiger charge is -2.34. The van der Waals surface area contributed by atoms with E-state index in [0.717, 1.165) is 0 Å². The summed E-state index contributed by atoms with van der Waals surface area (Å²) in [5, 5.41) is 6.90. The number of rotatable bonds is 9. The van der Waals surface area contributed by atoms with Gasteiger partial charge in [0.15, 0.2) is 9.84 Å². The molecular weight excluding hydrogens is 434 g/mol. The van der Waals surface area contributed by atoms with Crippen molar-refractivity contribution in [1.82, 2.24) is 24.9 Å². The molecule has 32 heavy (non-hydrogen) atoms. The Hall–Kier alpha value is -2.92. The molecule has 1 aliphatic rings. The molecule has 2 amide bonds. The Labute approximate surface area is 188 Å². The fraction of sp³-hybridized carbons (Fsp3) is 0.476. The van der Waals surface area contributed by atoms with Crippen molar-refractivity contribution in [2.45, 2.75) is 11.3 Å². The van der Waals surface area contributed by atoms with Crippen molar-refractivity contribution in [3.8, 4) is 5.88 Å². The maximum atomic E-state index is 12.7. The Morgan fingerprint density at radius 3 is 2.47 bits per heavy atom. The quantitative estimate of drug-likeness (QED) is 0.564. The number of nitrogens with zero attached hydrogens (tertiary/aromatic N) is 4. The molecule has 2 aromatic rings. The van der Waals surface area contributed by atoms with Crippen LogP contribution in [0.1, 0.15) is 16.8 Å². The molecular formula is C21H29N5O5S. The van der Waals surface area contributed by atoms with Crippen LogP contribution in [0, 0.1) is 0 Å². The first kappa shape index (κ1) is 23.7. The number of hydrogen-bond acceptors (Lipinski definition) is 7. The van der Waals surface area contributed by atoms with Gasteiger partial charge in [-0.15, -0.1) is 5.10 Å². The van der Waals surface area contributed by atoms with Gasteiger partial charge in [0.05, 0.1) is 17.8 Å². The van der Waals surface area contributed by atoms with E-state index in [2.05, 4.69) is 15.3 Å². The lowest BCUT2D eigenvalue weighted by atomic mass is 10.2. The number of aromatic nitrogens is 2. The highest BCUT2D eigenvalue weighted by molar-refractivity contribution is 7.91. The monoisotopic (exact) mass is 463 g/mol. The summed E-state index contributed by atoms with van der Waals surface area (Å²) in [4.78, 5) is 28.9. The molecule has 0 radical (unpaired) electrons. The molecule has 10 nitrogen and oxygen atoms in total. The molecule has 2 heterocycles. The number of amides is 2. The number of benzene rings is 1. The molecule has 1 saturated heterocycles. The number of piperazine rings is 1. The van der Waals surface area contributed by atoms with Crippen LogP contribution in [0.5, 0.6) is 5.88 Å². The zero-order chi connectivity index (χ0) is 23.1. The van der Waals surface area contributed by atoms with Gasteiger partial charge < -0.3 is 15.0 Å². The van der Waals surface area contributed by atoms with Gasteiger partial charge in [-0.05, 0) is 12.1 Å². The standard InChI is InChI=1S/C21H29N5O5S/c1-24-16-18(20(23-24)31-2)21(28)26-13-11-25(12-14-26)10-9-22-19(27)8-15-32(29,30)17-6-4-3-5-7-17/h3-7,16H,8-15H2,1-2H3,(H,22,27). The number of nitrogens with one attached hydrogen (secondary N) is 1. The second-order valence-electron chi connectivity index (χ2n) is 7.59. The molecule has 0 aliphatic carbocycles. The van der Waals surface area contributed by atoms with Crippen molar-refractivity contribution in [2.75, 3.05) is 52.1 Å². The van der Waals surface area contributed by atoms with Crippen LogP contribution in [-0.2, 0) is 21.7 Å². The van der Waals surface area contributed by atoms with Crippen LogP contribution in [0.2, 0.25) is 0 Å².